The predicted molar refractivity (Wildman–Crippen MR) is 60.4 cm³/mol. The Morgan fingerprint density at radius 1 is 1.07 bits per heavy atom. The fraction of sp³-hybridized carbons (Fsp3) is 0.818. The summed E-state index contributed by atoms with van der Waals surface area (Å²) < 4.78 is 0. The zero-order valence-corrected chi connectivity index (χ0v) is 10.6. The number of rotatable bonds is 4. The van der Waals surface area contributed by atoms with E-state index in [0.717, 1.165) is 0 Å². The molecule has 0 heterocycles. The molecule has 0 saturated carbocycles. The van der Waals surface area contributed by atoms with Gasteiger partial charge < -0.3 is 9.80 Å². The van der Waals surface area contributed by atoms with E-state index in [9.17, 15) is 9.59 Å². The van der Waals surface area contributed by atoms with Gasteiger partial charge in [0.05, 0.1) is 5.41 Å². The van der Waals surface area contributed by atoms with Gasteiger partial charge in [-0.2, -0.15) is 0 Å². The molecule has 1 atom stereocenters. The molecule has 0 spiro atoms. The van der Waals surface area contributed by atoms with Crippen molar-refractivity contribution in [3.63, 3.8) is 0 Å². The second kappa shape index (κ2) is 5.14. The summed E-state index contributed by atoms with van der Waals surface area (Å²) in [5.41, 5.74) is -0.579. The number of carbonyl (C=O) groups excluding carboxylic acids is 2. The molecule has 0 aromatic rings. The summed E-state index contributed by atoms with van der Waals surface area (Å²) in [5.74, 6) is 0.00903. The van der Waals surface area contributed by atoms with Crippen molar-refractivity contribution < 1.29 is 9.59 Å². The van der Waals surface area contributed by atoms with Gasteiger partial charge in [-0.25, -0.2) is 0 Å². The van der Waals surface area contributed by atoms with Crippen molar-refractivity contribution in [3.8, 4) is 0 Å². The van der Waals surface area contributed by atoms with E-state index in [4.69, 9.17) is 0 Å². The maximum atomic E-state index is 11.9. The number of nitrogens with zero attached hydrogens (tertiary/aromatic N) is 2. The summed E-state index contributed by atoms with van der Waals surface area (Å²) in [7, 11) is 6.85. The predicted octanol–water partition coefficient (Wildman–Crippen LogP) is 0.969. The van der Waals surface area contributed by atoms with Gasteiger partial charge in [0.15, 0.2) is 0 Å². The molecule has 0 rings (SSSR count). The largest absolute Gasteiger partial charge is 0.349 e. The first-order chi connectivity index (χ1) is 6.74. The lowest BCUT2D eigenvalue weighted by atomic mass is 9.82. The molecule has 0 aliphatic heterocycles. The Hall–Kier alpha value is -1.06. The van der Waals surface area contributed by atoms with Crippen LogP contribution in [0, 0.1) is 5.41 Å². The van der Waals surface area contributed by atoms with E-state index in [2.05, 4.69) is 0 Å². The Morgan fingerprint density at radius 3 is 1.80 bits per heavy atom. The average molecular weight is 214 g/mol. The van der Waals surface area contributed by atoms with E-state index in [0.29, 0.717) is 6.42 Å². The lowest BCUT2D eigenvalue weighted by Crippen LogP contribution is -2.41. The molecule has 0 N–H and O–H groups in total. The molecule has 4 nitrogen and oxygen atoms in total. The van der Waals surface area contributed by atoms with Crippen molar-refractivity contribution in [2.45, 2.75) is 26.7 Å². The molecule has 0 radical (unpaired) electrons. The Bertz CT molecular complexity index is 249. The van der Waals surface area contributed by atoms with Crippen LogP contribution in [0.1, 0.15) is 26.7 Å². The van der Waals surface area contributed by atoms with Crippen LogP contribution in [0.5, 0.6) is 0 Å². The molecule has 0 aromatic heterocycles. The van der Waals surface area contributed by atoms with Crippen LogP contribution in [0.2, 0.25) is 0 Å². The minimum Gasteiger partial charge on any atom is -0.349 e. The molecule has 0 aliphatic rings. The molecule has 0 aromatic carbocycles. The quantitative estimate of drug-likeness (QED) is 0.699. The molecule has 1 unspecified atom stereocenters. The van der Waals surface area contributed by atoms with Gasteiger partial charge in [-0.1, -0.05) is 13.8 Å². The van der Waals surface area contributed by atoms with Crippen molar-refractivity contribution in [3.05, 3.63) is 0 Å². The summed E-state index contributed by atoms with van der Waals surface area (Å²) >= 11 is 0. The zero-order valence-electron chi connectivity index (χ0n) is 10.6. The highest BCUT2D eigenvalue weighted by molar-refractivity contribution is 5.88. The summed E-state index contributed by atoms with van der Waals surface area (Å²) in [6, 6.07) is 0. The van der Waals surface area contributed by atoms with Crippen molar-refractivity contribution in [1.82, 2.24) is 9.80 Å². The van der Waals surface area contributed by atoms with Gasteiger partial charge in [-0.3, -0.25) is 9.59 Å². The fourth-order valence-electron chi connectivity index (χ4n) is 1.38. The van der Waals surface area contributed by atoms with E-state index < -0.39 is 5.41 Å². The highest BCUT2D eigenvalue weighted by Crippen LogP contribution is 2.28. The van der Waals surface area contributed by atoms with Crippen LogP contribution in [0.15, 0.2) is 0 Å². The minimum absolute atomic E-state index is 0.00505. The number of hydrogen-bond donors (Lipinski definition) is 0. The highest BCUT2D eigenvalue weighted by Gasteiger charge is 2.35. The van der Waals surface area contributed by atoms with Crippen LogP contribution in [-0.2, 0) is 9.59 Å². The SMILES string of the molecule is CCC(C)(CC(=O)N(C)C)C(=O)N(C)C. The molecule has 0 aliphatic carbocycles. The third-order valence-electron chi connectivity index (χ3n) is 2.74. The molecular formula is C11H22N2O2. The standard InChI is InChI=1S/C11H22N2O2/c1-7-11(2,10(15)13(5)6)8-9(14)12(3)4/h7-8H2,1-6H3. The summed E-state index contributed by atoms with van der Waals surface area (Å²) in [6.45, 7) is 3.78. The van der Waals surface area contributed by atoms with Crippen molar-refractivity contribution in [2.75, 3.05) is 28.2 Å². The van der Waals surface area contributed by atoms with Gasteiger partial charge in [-0.05, 0) is 6.42 Å². The van der Waals surface area contributed by atoms with E-state index in [1.807, 2.05) is 13.8 Å². The van der Waals surface area contributed by atoms with Crippen LogP contribution in [0.4, 0.5) is 0 Å². The van der Waals surface area contributed by atoms with Gasteiger partial charge in [-0.15, -0.1) is 0 Å². The normalized spacial score (nSPS) is 14.3. The molecule has 2 amide bonds. The van der Waals surface area contributed by atoms with Gasteiger partial charge in [0, 0.05) is 34.6 Å². The third kappa shape index (κ3) is 3.53. The molecule has 4 heteroatoms. The van der Waals surface area contributed by atoms with Crippen LogP contribution in [-0.4, -0.2) is 49.8 Å². The van der Waals surface area contributed by atoms with E-state index >= 15 is 0 Å². The summed E-state index contributed by atoms with van der Waals surface area (Å²) in [5, 5.41) is 0. The Morgan fingerprint density at radius 2 is 1.53 bits per heavy atom. The Labute approximate surface area is 92.2 Å². The number of amides is 2. The second-order valence-corrected chi connectivity index (χ2v) is 4.58. The van der Waals surface area contributed by atoms with Crippen LogP contribution < -0.4 is 0 Å². The molecule has 0 bridgehead atoms. The van der Waals surface area contributed by atoms with E-state index in [-0.39, 0.29) is 18.2 Å². The first kappa shape index (κ1) is 13.9. The average Bonchev–Trinajstić information content (AvgIpc) is 2.15. The maximum absolute atomic E-state index is 11.9. The minimum atomic E-state index is -0.579. The van der Waals surface area contributed by atoms with E-state index in [1.165, 1.54) is 4.90 Å². The summed E-state index contributed by atoms with van der Waals surface area (Å²) in [4.78, 5) is 26.6. The van der Waals surface area contributed by atoms with Gasteiger partial charge in [0.1, 0.15) is 0 Å². The van der Waals surface area contributed by atoms with Crippen LogP contribution in [0.3, 0.4) is 0 Å². The Kier molecular flexibility index (Phi) is 4.78. The maximum Gasteiger partial charge on any atom is 0.228 e. The fourth-order valence-corrected chi connectivity index (χ4v) is 1.38. The first-order valence-electron chi connectivity index (χ1n) is 5.16. The smallest absolute Gasteiger partial charge is 0.228 e. The van der Waals surface area contributed by atoms with Crippen molar-refractivity contribution >= 4 is 11.8 Å². The molecule has 15 heavy (non-hydrogen) atoms. The number of carbonyl (C=O) groups is 2. The Balaban J connectivity index is 4.72. The van der Waals surface area contributed by atoms with Crippen LogP contribution in [0.25, 0.3) is 0 Å². The summed E-state index contributed by atoms with van der Waals surface area (Å²) in [6.07, 6.45) is 0.942. The van der Waals surface area contributed by atoms with Crippen molar-refractivity contribution in [1.29, 1.82) is 0 Å². The van der Waals surface area contributed by atoms with Gasteiger partial charge in [0.25, 0.3) is 0 Å². The zero-order chi connectivity index (χ0) is 12.2. The second-order valence-electron chi connectivity index (χ2n) is 4.58. The molecular weight excluding hydrogens is 192 g/mol. The van der Waals surface area contributed by atoms with Gasteiger partial charge in [0.2, 0.25) is 11.8 Å². The van der Waals surface area contributed by atoms with Crippen molar-refractivity contribution in [2.24, 2.45) is 5.41 Å². The first-order valence-corrected chi connectivity index (χ1v) is 5.16. The third-order valence-corrected chi connectivity index (χ3v) is 2.74. The topological polar surface area (TPSA) is 40.6 Å². The van der Waals surface area contributed by atoms with Gasteiger partial charge >= 0.3 is 0 Å². The highest BCUT2D eigenvalue weighted by atomic mass is 16.2. The van der Waals surface area contributed by atoms with E-state index in [1.54, 1.807) is 33.1 Å². The van der Waals surface area contributed by atoms with Crippen LogP contribution >= 0.6 is 0 Å². The number of hydrogen-bond acceptors (Lipinski definition) is 2. The lowest BCUT2D eigenvalue weighted by Gasteiger charge is -2.30. The lowest BCUT2D eigenvalue weighted by molar-refractivity contribution is -0.144. The monoisotopic (exact) mass is 214 g/mol. The molecule has 0 fully saturated rings. The molecule has 88 valence electrons. The molecule has 0 saturated heterocycles.